The first-order chi connectivity index (χ1) is 6.56. The third-order valence-corrected chi connectivity index (χ3v) is 2.21. The molecule has 0 amide bonds. The number of aromatic nitrogens is 1. The molecule has 0 saturated heterocycles. The van der Waals surface area contributed by atoms with Crippen LogP contribution in [0.4, 0.5) is 0 Å². The number of hydrogen-bond donors (Lipinski definition) is 1. The van der Waals surface area contributed by atoms with Crippen LogP contribution < -0.4 is 0 Å². The Morgan fingerprint density at radius 3 is 2.43 bits per heavy atom. The Kier molecular flexibility index (Phi) is 5.39. The molecule has 2 heteroatoms. The Bertz CT molecular complexity index is 269. The van der Waals surface area contributed by atoms with E-state index in [9.17, 15) is 5.11 Å². The van der Waals surface area contributed by atoms with Crippen molar-refractivity contribution in [3.8, 4) is 0 Å². The Balaban J connectivity index is 0.000000791. The topological polar surface area (TPSA) is 33.1 Å². The van der Waals surface area contributed by atoms with E-state index >= 15 is 0 Å². The molecule has 1 rings (SSSR count). The van der Waals surface area contributed by atoms with E-state index < -0.39 is 5.60 Å². The maximum atomic E-state index is 9.89. The van der Waals surface area contributed by atoms with Crippen LogP contribution in [0.15, 0.2) is 18.3 Å². The van der Waals surface area contributed by atoms with Gasteiger partial charge in [0.15, 0.2) is 0 Å². The first kappa shape index (κ1) is 13.1. The second-order valence-electron chi connectivity index (χ2n) is 3.31. The summed E-state index contributed by atoms with van der Waals surface area (Å²) in [5, 5.41) is 9.89. The van der Waals surface area contributed by atoms with Crippen molar-refractivity contribution in [2.45, 2.75) is 46.6 Å². The largest absolute Gasteiger partial charge is 0.385 e. The lowest BCUT2D eigenvalue weighted by Crippen LogP contribution is -2.19. The zero-order valence-corrected chi connectivity index (χ0v) is 9.83. The molecule has 14 heavy (non-hydrogen) atoms. The number of pyridine rings is 1. The highest BCUT2D eigenvalue weighted by atomic mass is 16.3. The highest BCUT2D eigenvalue weighted by molar-refractivity contribution is 5.21. The van der Waals surface area contributed by atoms with E-state index in [0.29, 0.717) is 0 Å². The molecule has 0 bridgehead atoms. The van der Waals surface area contributed by atoms with Crippen LogP contribution >= 0.6 is 0 Å². The first-order valence-corrected chi connectivity index (χ1v) is 5.22. The normalized spacial score (nSPS) is 13.9. The summed E-state index contributed by atoms with van der Waals surface area (Å²) in [6.45, 7) is 9.72. The molecular formula is C12H21NO. The predicted molar refractivity (Wildman–Crippen MR) is 60.2 cm³/mol. The van der Waals surface area contributed by atoms with Crippen molar-refractivity contribution in [1.29, 1.82) is 0 Å². The summed E-state index contributed by atoms with van der Waals surface area (Å²) in [7, 11) is 0. The molecule has 0 saturated carbocycles. The van der Waals surface area contributed by atoms with Crippen molar-refractivity contribution in [3.05, 3.63) is 29.6 Å². The lowest BCUT2D eigenvalue weighted by Gasteiger charge is -2.21. The van der Waals surface area contributed by atoms with Gasteiger partial charge in [0, 0.05) is 11.9 Å². The molecule has 0 fully saturated rings. The summed E-state index contributed by atoms with van der Waals surface area (Å²) in [6.07, 6.45) is 2.45. The fourth-order valence-corrected chi connectivity index (χ4v) is 1.08. The molecule has 0 aliphatic carbocycles. The summed E-state index contributed by atoms with van der Waals surface area (Å²) in [5.41, 5.74) is 1.17. The van der Waals surface area contributed by atoms with E-state index in [1.807, 2.05) is 46.8 Å². The summed E-state index contributed by atoms with van der Waals surface area (Å²) in [5.74, 6) is 0. The standard InChI is InChI=1S/C10H15NO.C2H6/c1-4-10(3,12)9-5-6-11-8(2)7-9;1-2/h5-7,12H,4H2,1-3H3;1-2H3. The van der Waals surface area contributed by atoms with E-state index in [0.717, 1.165) is 17.7 Å². The van der Waals surface area contributed by atoms with Gasteiger partial charge in [-0.2, -0.15) is 0 Å². The molecule has 1 heterocycles. The zero-order valence-electron chi connectivity index (χ0n) is 9.83. The molecule has 0 aliphatic heterocycles. The first-order valence-electron chi connectivity index (χ1n) is 5.22. The van der Waals surface area contributed by atoms with Gasteiger partial charge < -0.3 is 5.11 Å². The van der Waals surface area contributed by atoms with Gasteiger partial charge in [-0.25, -0.2) is 0 Å². The van der Waals surface area contributed by atoms with Crippen molar-refractivity contribution in [2.24, 2.45) is 0 Å². The van der Waals surface area contributed by atoms with Gasteiger partial charge in [0.1, 0.15) is 0 Å². The average Bonchev–Trinajstić information content (AvgIpc) is 2.21. The fourth-order valence-electron chi connectivity index (χ4n) is 1.08. The average molecular weight is 195 g/mol. The summed E-state index contributed by atoms with van der Waals surface area (Å²) in [4.78, 5) is 4.08. The zero-order chi connectivity index (χ0) is 11.2. The van der Waals surface area contributed by atoms with Crippen LogP contribution in [0.2, 0.25) is 0 Å². The van der Waals surface area contributed by atoms with E-state index in [2.05, 4.69) is 4.98 Å². The minimum absolute atomic E-state index is 0.715. The molecule has 1 aromatic rings. The summed E-state index contributed by atoms with van der Waals surface area (Å²) < 4.78 is 0. The molecule has 1 N–H and O–H groups in total. The Labute approximate surface area is 87.0 Å². The number of nitrogens with zero attached hydrogens (tertiary/aromatic N) is 1. The highest BCUT2D eigenvalue weighted by Crippen LogP contribution is 2.23. The second-order valence-corrected chi connectivity index (χ2v) is 3.31. The molecule has 0 radical (unpaired) electrons. The van der Waals surface area contributed by atoms with Crippen molar-refractivity contribution in [2.75, 3.05) is 0 Å². The molecule has 80 valence electrons. The molecule has 0 aliphatic rings. The minimum Gasteiger partial charge on any atom is -0.385 e. The maximum Gasteiger partial charge on any atom is 0.0867 e. The van der Waals surface area contributed by atoms with Crippen LogP contribution in [0.25, 0.3) is 0 Å². The number of hydrogen-bond acceptors (Lipinski definition) is 2. The smallest absolute Gasteiger partial charge is 0.0867 e. The lowest BCUT2D eigenvalue weighted by molar-refractivity contribution is 0.0529. The van der Waals surface area contributed by atoms with Crippen molar-refractivity contribution in [1.82, 2.24) is 4.98 Å². The van der Waals surface area contributed by atoms with Gasteiger partial charge in [-0.1, -0.05) is 20.8 Å². The summed E-state index contributed by atoms with van der Waals surface area (Å²) in [6, 6.07) is 3.78. The van der Waals surface area contributed by atoms with Crippen LogP contribution in [0.3, 0.4) is 0 Å². The second kappa shape index (κ2) is 5.76. The Hall–Kier alpha value is -0.890. The number of aliphatic hydroxyl groups is 1. The van der Waals surface area contributed by atoms with Gasteiger partial charge >= 0.3 is 0 Å². The summed E-state index contributed by atoms with van der Waals surface area (Å²) >= 11 is 0. The molecule has 0 spiro atoms. The van der Waals surface area contributed by atoms with Crippen LogP contribution in [0.1, 0.15) is 45.4 Å². The van der Waals surface area contributed by atoms with Crippen molar-refractivity contribution >= 4 is 0 Å². The van der Waals surface area contributed by atoms with Crippen LogP contribution in [0, 0.1) is 6.92 Å². The highest BCUT2D eigenvalue weighted by Gasteiger charge is 2.19. The Morgan fingerprint density at radius 2 is 2.00 bits per heavy atom. The number of rotatable bonds is 2. The molecule has 1 atom stereocenters. The van der Waals surface area contributed by atoms with Gasteiger partial charge in [0.2, 0.25) is 0 Å². The fraction of sp³-hybridized carbons (Fsp3) is 0.583. The molecule has 1 unspecified atom stereocenters. The van der Waals surface area contributed by atoms with E-state index in [-0.39, 0.29) is 0 Å². The predicted octanol–water partition coefficient (Wildman–Crippen LogP) is 3.03. The molecule has 0 aromatic carbocycles. The van der Waals surface area contributed by atoms with Crippen LogP contribution in [-0.2, 0) is 5.60 Å². The maximum absolute atomic E-state index is 9.89. The molecule has 1 aromatic heterocycles. The monoisotopic (exact) mass is 195 g/mol. The van der Waals surface area contributed by atoms with Crippen molar-refractivity contribution < 1.29 is 5.11 Å². The quantitative estimate of drug-likeness (QED) is 0.786. The van der Waals surface area contributed by atoms with Crippen LogP contribution in [0.5, 0.6) is 0 Å². The SMILES string of the molecule is CC.CCC(C)(O)c1ccnc(C)c1. The van der Waals surface area contributed by atoms with Gasteiger partial charge in [0.25, 0.3) is 0 Å². The third kappa shape index (κ3) is 3.46. The lowest BCUT2D eigenvalue weighted by atomic mass is 9.94. The van der Waals surface area contributed by atoms with Crippen LogP contribution in [-0.4, -0.2) is 10.1 Å². The molecular weight excluding hydrogens is 174 g/mol. The van der Waals surface area contributed by atoms with Gasteiger partial charge in [-0.15, -0.1) is 0 Å². The minimum atomic E-state index is -0.715. The van der Waals surface area contributed by atoms with Gasteiger partial charge in [-0.3, -0.25) is 4.98 Å². The van der Waals surface area contributed by atoms with Gasteiger partial charge in [0.05, 0.1) is 5.60 Å². The third-order valence-electron chi connectivity index (χ3n) is 2.21. The number of aryl methyl sites for hydroxylation is 1. The van der Waals surface area contributed by atoms with Crippen molar-refractivity contribution in [3.63, 3.8) is 0 Å². The van der Waals surface area contributed by atoms with E-state index in [1.54, 1.807) is 6.20 Å². The Morgan fingerprint density at radius 1 is 1.43 bits per heavy atom. The van der Waals surface area contributed by atoms with E-state index in [1.165, 1.54) is 0 Å². The molecule has 2 nitrogen and oxygen atoms in total. The van der Waals surface area contributed by atoms with E-state index in [4.69, 9.17) is 0 Å². The van der Waals surface area contributed by atoms with Gasteiger partial charge in [-0.05, 0) is 38.0 Å².